The number of nitrogens with one attached hydrogen (secondary N) is 2. The topological polar surface area (TPSA) is 24.1 Å². The van der Waals surface area contributed by atoms with Gasteiger partial charge < -0.3 is 10.6 Å². The molecule has 2 rings (SSSR count). The van der Waals surface area contributed by atoms with Crippen LogP contribution in [0.5, 0.6) is 0 Å². The van der Waals surface area contributed by atoms with Gasteiger partial charge in [-0.15, -0.1) is 0 Å². The maximum absolute atomic E-state index is 11.8. The Hall–Kier alpha value is -0.220. The molecule has 13 heavy (non-hydrogen) atoms. The van der Waals surface area contributed by atoms with Crippen LogP contribution in [0.4, 0.5) is 8.78 Å². The summed E-state index contributed by atoms with van der Waals surface area (Å²) in [6.45, 7) is 0.452. The minimum atomic E-state index is -2.17. The molecule has 0 spiro atoms. The number of fused-ring (bicyclic) bond motifs is 2. The molecule has 76 valence electrons. The lowest BCUT2D eigenvalue weighted by Crippen LogP contribution is -2.40. The molecule has 2 saturated heterocycles. The first-order valence-corrected chi connectivity index (χ1v) is 5.03. The maximum Gasteiger partial charge on any atom is 0.239 e. The molecule has 0 saturated carbocycles. The van der Waals surface area contributed by atoms with Gasteiger partial charge in [0.05, 0.1) is 0 Å². The maximum atomic E-state index is 11.8. The second kappa shape index (κ2) is 3.88. The Balaban J connectivity index is 1.66. The predicted molar refractivity (Wildman–Crippen MR) is 47.0 cm³/mol. The van der Waals surface area contributed by atoms with Crippen molar-refractivity contribution in [2.24, 2.45) is 0 Å². The van der Waals surface area contributed by atoms with Crippen LogP contribution in [0.15, 0.2) is 0 Å². The highest BCUT2D eigenvalue weighted by molar-refractivity contribution is 5.01. The van der Waals surface area contributed by atoms with E-state index >= 15 is 0 Å². The van der Waals surface area contributed by atoms with E-state index in [1.165, 1.54) is 12.8 Å². The Kier molecular flexibility index (Phi) is 2.79. The van der Waals surface area contributed by atoms with Gasteiger partial charge in [0.15, 0.2) is 0 Å². The van der Waals surface area contributed by atoms with Gasteiger partial charge in [-0.05, 0) is 19.3 Å². The van der Waals surface area contributed by atoms with E-state index in [1.54, 1.807) is 0 Å². The summed E-state index contributed by atoms with van der Waals surface area (Å²) in [6.07, 6.45) is 1.40. The van der Waals surface area contributed by atoms with Gasteiger partial charge in [-0.25, -0.2) is 8.78 Å². The zero-order valence-electron chi connectivity index (χ0n) is 7.60. The van der Waals surface area contributed by atoms with Crippen molar-refractivity contribution in [3.8, 4) is 0 Å². The Bertz CT molecular complexity index is 175. The van der Waals surface area contributed by atoms with Crippen LogP contribution in [0.2, 0.25) is 0 Å². The van der Waals surface area contributed by atoms with Gasteiger partial charge in [-0.1, -0.05) is 0 Å². The molecule has 2 heterocycles. The summed E-state index contributed by atoms with van der Waals surface area (Å²) in [6, 6.07) is 1.63. The van der Waals surface area contributed by atoms with Crippen molar-refractivity contribution >= 4 is 0 Å². The largest absolute Gasteiger partial charge is 0.312 e. The number of hydrogen-bond acceptors (Lipinski definition) is 2. The zero-order chi connectivity index (χ0) is 9.26. The average Bonchev–Trinajstić information content (AvgIpc) is 2.64. The van der Waals surface area contributed by atoms with Gasteiger partial charge in [-0.2, -0.15) is 0 Å². The van der Waals surface area contributed by atoms with Crippen LogP contribution in [0.1, 0.15) is 25.7 Å². The molecule has 2 fully saturated rings. The van der Waals surface area contributed by atoms with E-state index in [9.17, 15) is 8.78 Å². The van der Waals surface area contributed by atoms with Gasteiger partial charge in [-0.3, -0.25) is 0 Å². The molecule has 2 aliphatic heterocycles. The predicted octanol–water partition coefficient (Wildman–Crippen LogP) is 1.12. The smallest absolute Gasteiger partial charge is 0.239 e. The standard InChI is InChI=1S/C9H16F2N2/c10-9(11)3-4-12-8-5-6-1-2-7(8)13-6/h6-9,12-13H,1-5H2/t6-,7+,8?/m1/s1. The summed E-state index contributed by atoms with van der Waals surface area (Å²) in [5.74, 6) is 0. The lowest BCUT2D eigenvalue weighted by Gasteiger charge is -2.21. The SMILES string of the molecule is FC(F)CCNC1C[C@H]2CC[C@@H]1N2. The molecule has 2 aliphatic rings. The highest BCUT2D eigenvalue weighted by Crippen LogP contribution is 2.28. The van der Waals surface area contributed by atoms with Crippen molar-refractivity contribution in [1.29, 1.82) is 0 Å². The summed E-state index contributed by atoms with van der Waals surface area (Å²) in [5.41, 5.74) is 0. The molecule has 0 radical (unpaired) electrons. The molecular weight excluding hydrogens is 174 g/mol. The fraction of sp³-hybridized carbons (Fsp3) is 1.00. The summed E-state index contributed by atoms with van der Waals surface area (Å²) in [7, 11) is 0. The first-order chi connectivity index (χ1) is 6.25. The van der Waals surface area contributed by atoms with Crippen molar-refractivity contribution in [2.75, 3.05) is 6.54 Å². The Morgan fingerprint density at radius 3 is 2.77 bits per heavy atom. The highest BCUT2D eigenvalue weighted by atomic mass is 19.3. The van der Waals surface area contributed by atoms with Crippen molar-refractivity contribution in [2.45, 2.75) is 50.2 Å². The summed E-state index contributed by atoms with van der Waals surface area (Å²) >= 11 is 0. The van der Waals surface area contributed by atoms with Gasteiger partial charge in [0.1, 0.15) is 0 Å². The van der Waals surface area contributed by atoms with Crippen LogP contribution in [-0.4, -0.2) is 31.1 Å². The quantitative estimate of drug-likeness (QED) is 0.694. The molecule has 2 N–H and O–H groups in total. The lowest BCUT2D eigenvalue weighted by atomic mass is 9.95. The van der Waals surface area contributed by atoms with E-state index in [2.05, 4.69) is 10.6 Å². The van der Waals surface area contributed by atoms with Crippen LogP contribution in [0.25, 0.3) is 0 Å². The van der Waals surface area contributed by atoms with Crippen molar-refractivity contribution in [3.63, 3.8) is 0 Å². The molecule has 2 bridgehead atoms. The fourth-order valence-electron chi connectivity index (χ4n) is 2.43. The summed E-state index contributed by atoms with van der Waals surface area (Å²) in [4.78, 5) is 0. The van der Waals surface area contributed by atoms with E-state index in [1.807, 2.05) is 0 Å². The van der Waals surface area contributed by atoms with Gasteiger partial charge in [0.25, 0.3) is 0 Å². The molecule has 1 unspecified atom stereocenters. The Labute approximate surface area is 77.1 Å². The third-order valence-corrected chi connectivity index (χ3v) is 3.07. The molecular formula is C9H16F2N2. The first-order valence-electron chi connectivity index (χ1n) is 5.03. The molecule has 4 heteroatoms. The van der Waals surface area contributed by atoms with Gasteiger partial charge in [0.2, 0.25) is 6.43 Å². The zero-order valence-corrected chi connectivity index (χ0v) is 7.60. The Morgan fingerprint density at radius 2 is 2.23 bits per heavy atom. The normalized spacial score (nSPS) is 37.6. The van der Waals surface area contributed by atoms with E-state index < -0.39 is 6.43 Å². The van der Waals surface area contributed by atoms with Crippen LogP contribution in [-0.2, 0) is 0 Å². The number of halogens is 2. The van der Waals surface area contributed by atoms with Crippen molar-refractivity contribution < 1.29 is 8.78 Å². The number of rotatable bonds is 4. The number of hydrogen-bond donors (Lipinski definition) is 2. The Morgan fingerprint density at radius 1 is 1.38 bits per heavy atom. The molecule has 3 atom stereocenters. The third-order valence-electron chi connectivity index (χ3n) is 3.07. The van der Waals surface area contributed by atoms with Crippen molar-refractivity contribution in [3.05, 3.63) is 0 Å². The van der Waals surface area contributed by atoms with Crippen LogP contribution in [0, 0.1) is 0 Å². The summed E-state index contributed by atoms with van der Waals surface area (Å²) in [5, 5.41) is 6.67. The molecule has 0 aliphatic carbocycles. The fourth-order valence-corrected chi connectivity index (χ4v) is 2.43. The minimum Gasteiger partial charge on any atom is -0.312 e. The average molecular weight is 190 g/mol. The number of alkyl halides is 2. The lowest BCUT2D eigenvalue weighted by molar-refractivity contribution is 0.135. The van der Waals surface area contributed by atoms with Gasteiger partial charge in [0, 0.05) is 31.1 Å². The van der Waals surface area contributed by atoms with Crippen LogP contribution in [0.3, 0.4) is 0 Å². The summed E-state index contributed by atoms with van der Waals surface area (Å²) < 4.78 is 23.7. The van der Waals surface area contributed by atoms with Crippen LogP contribution >= 0.6 is 0 Å². The monoisotopic (exact) mass is 190 g/mol. The van der Waals surface area contributed by atoms with E-state index in [0.717, 1.165) is 6.42 Å². The second-order valence-corrected chi connectivity index (χ2v) is 4.02. The van der Waals surface area contributed by atoms with Gasteiger partial charge >= 0.3 is 0 Å². The second-order valence-electron chi connectivity index (χ2n) is 4.02. The van der Waals surface area contributed by atoms with E-state index in [0.29, 0.717) is 24.7 Å². The first kappa shape index (κ1) is 9.34. The molecule has 2 nitrogen and oxygen atoms in total. The molecule has 0 aromatic heterocycles. The van der Waals surface area contributed by atoms with Crippen LogP contribution < -0.4 is 10.6 Å². The van der Waals surface area contributed by atoms with Crippen molar-refractivity contribution in [1.82, 2.24) is 10.6 Å². The molecule has 0 amide bonds. The van der Waals surface area contributed by atoms with E-state index in [4.69, 9.17) is 0 Å². The molecule has 0 aromatic carbocycles. The third kappa shape index (κ3) is 2.17. The minimum absolute atomic E-state index is 0.0200. The highest BCUT2D eigenvalue weighted by Gasteiger charge is 2.38. The van der Waals surface area contributed by atoms with E-state index in [-0.39, 0.29) is 6.42 Å². The molecule has 0 aromatic rings.